The first-order valence-electron chi connectivity index (χ1n) is 10.2. The summed E-state index contributed by atoms with van der Waals surface area (Å²) in [6, 6.07) is 28.0. The van der Waals surface area contributed by atoms with Gasteiger partial charge in [-0.3, -0.25) is 4.98 Å². The first kappa shape index (κ1) is 18.7. The Labute approximate surface area is 176 Å². The first-order valence-corrected chi connectivity index (χ1v) is 10.2. The van der Waals surface area contributed by atoms with Gasteiger partial charge in [-0.05, 0) is 36.8 Å². The van der Waals surface area contributed by atoms with Gasteiger partial charge < -0.3 is 9.90 Å². The van der Waals surface area contributed by atoms with E-state index in [-0.39, 0.29) is 0 Å². The number of pyridine rings is 1. The minimum Gasteiger partial charge on any atom is -0.385 e. The van der Waals surface area contributed by atoms with E-state index in [1.165, 1.54) is 5.56 Å². The molecule has 0 unspecified atom stereocenters. The van der Waals surface area contributed by atoms with Crippen LogP contribution < -0.4 is 0 Å². The van der Waals surface area contributed by atoms with Crippen LogP contribution in [0.3, 0.4) is 0 Å². The highest BCUT2D eigenvalue weighted by molar-refractivity contribution is 5.92. The average molecular weight is 393 g/mol. The minimum atomic E-state index is -1.01. The van der Waals surface area contributed by atoms with Crippen LogP contribution in [0, 0.1) is 6.92 Å². The Hall–Kier alpha value is -3.30. The van der Waals surface area contributed by atoms with Crippen molar-refractivity contribution >= 4 is 17.1 Å². The number of aryl methyl sites for hydroxylation is 1. The molecule has 0 amide bonds. The molecule has 30 heavy (non-hydrogen) atoms. The molecular formula is C27H23NO2. The summed E-state index contributed by atoms with van der Waals surface area (Å²) in [5.41, 5.74) is 2.85. The molecule has 0 atom stereocenters. The van der Waals surface area contributed by atoms with Crippen LogP contribution in [0.25, 0.3) is 22.0 Å². The van der Waals surface area contributed by atoms with E-state index in [2.05, 4.69) is 43.3 Å². The molecule has 0 bridgehead atoms. The molecule has 1 saturated carbocycles. The van der Waals surface area contributed by atoms with Crippen molar-refractivity contribution in [1.29, 1.82) is 0 Å². The van der Waals surface area contributed by atoms with Gasteiger partial charge >= 0.3 is 0 Å². The van der Waals surface area contributed by atoms with Gasteiger partial charge in [0.1, 0.15) is 6.29 Å². The van der Waals surface area contributed by atoms with Crippen LogP contribution in [0.1, 0.15) is 29.7 Å². The van der Waals surface area contributed by atoms with E-state index in [4.69, 9.17) is 4.98 Å². The topological polar surface area (TPSA) is 50.2 Å². The second-order valence-corrected chi connectivity index (χ2v) is 8.47. The number of carbonyl (C=O) groups excluding carboxylic acids is 1. The van der Waals surface area contributed by atoms with E-state index in [9.17, 15) is 9.90 Å². The van der Waals surface area contributed by atoms with Crippen molar-refractivity contribution in [3.05, 3.63) is 102 Å². The average Bonchev–Trinajstić information content (AvgIpc) is 2.77. The summed E-state index contributed by atoms with van der Waals surface area (Å²) in [6.45, 7) is 2.06. The van der Waals surface area contributed by atoms with Gasteiger partial charge in [-0.2, -0.15) is 0 Å². The molecule has 1 fully saturated rings. The molecule has 3 aromatic carbocycles. The van der Waals surface area contributed by atoms with E-state index in [1.807, 2.05) is 48.5 Å². The number of benzene rings is 3. The number of hydrogen-bond acceptors (Lipinski definition) is 3. The maximum atomic E-state index is 12.4. The molecule has 0 radical (unpaired) electrons. The molecule has 4 aromatic rings. The summed E-state index contributed by atoms with van der Waals surface area (Å²) >= 11 is 0. The molecule has 3 nitrogen and oxygen atoms in total. The third-order valence-electron chi connectivity index (χ3n) is 6.31. The molecule has 1 N–H and O–H groups in total. The minimum absolute atomic E-state index is 0.335. The highest BCUT2D eigenvalue weighted by atomic mass is 16.3. The van der Waals surface area contributed by atoms with Gasteiger partial charge in [-0.25, -0.2) is 0 Å². The highest BCUT2D eigenvalue weighted by Crippen LogP contribution is 2.55. The van der Waals surface area contributed by atoms with Crippen molar-refractivity contribution in [3.8, 4) is 11.3 Å². The number of hydrogen-bond donors (Lipinski definition) is 1. The van der Waals surface area contributed by atoms with E-state index in [0.29, 0.717) is 12.8 Å². The molecule has 1 heterocycles. The van der Waals surface area contributed by atoms with Crippen LogP contribution in [0.4, 0.5) is 0 Å². The number of fused-ring (bicyclic) bond motifs is 1. The maximum absolute atomic E-state index is 12.4. The Morgan fingerprint density at radius 3 is 2.27 bits per heavy atom. The predicted molar refractivity (Wildman–Crippen MR) is 119 cm³/mol. The summed E-state index contributed by atoms with van der Waals surface area (Å²) < 4.78 is 0. The Morgan fingerprint density at radius 1 is 0.900 bits per heavy atom. The summed E-state index contributed by atoms with van der Waals surface area (Å²) in [5.74, 6) is 0. The molecular weight excluding hydrogens is 370 g/mol. The van der Waals surface area contributed by atoms with Crippen LogP contribution >= 0.6 is 0 Å². The quantitative estimate of drug-likeness (QED) is 0.477. The molecule has 0 saturated heterocycles. The van der Waals surface area contributed by atoms with Crippen molar-refractivity contribution in [2.75, 3.05) is 0 Å². The van der Waals surface area contributed by atoms with Crippen LogP contribution in [0.2, 0.25) is 0 Å². The van der Waals surface area contributed by atoms with Crippen molar-refractivity contribution in [3.63, 3.8) is 0 Å². The smallest absolute Gasteiger partial charge is 0.132 e. The van der Waals surface area contributed by atoms with Crippen LogP contribution in [0.15, 0.2) is 84.9 Å². The van der Waals surface area contributed by atoms with Crippen molar-refractivity contribution in [2.45, 2.75) is 30.8 Å². The summed E-state index contributed by atoms with van der Waals surface area (Å²) in [4.78, 5) is 17.4. The number of nitrogens with zero attached hydrogens (tertiary/aromatic N) is 1. The zero-order chi connectivity index (χ0) is 20.8. The lowest BCUT2D eigenvalue weighted by Gasteiger charge is -2.50. The van der Waals surface area contributed by atoms with Crippen molar-refractivity contribution < 1.29 is 9.90 Å². The molecule has 0 spiro atoms. The van der Waals surface area contributed by atoms with Gasteiger partial charge in [0.05, 0.1) is 22.4 Å². The Bertz CT molecular complexity index is 1220. The lowest BCUT2D eigenvalue weighted by atomic mass is 9.55. The van der Waals surface area contributed by atoms with Crippen LogP contribution in [-0.2, 0) is 15.8 Å². The largest absolute Gasteiger partial charge is 0.385 e. The van der Waals surface area contributed by atoms with Gasteiger partial charge in [-0.1, -0.05) is 84.4 Å². The maximum Gasteiger partial charge on any atom is 0.132 e. The number of carbonyl (C=O) groups is 1. The lowest BCUT2D eigenvalue weighted by molar-refractivity contribution is -0.136. The normalized spacial score (nSPS) is 23.1. The van der Waals surface area contributed by atoms with Crippen LogP contribution in [-0.4, -0.2) is 16.4 Å². The Kier molecular flexibility index (Phi) is 4.30. The third kappa shape index (κ3) is 2.94. The fraction of sp³-hybridized carbons (Fsp3) is 0.185. The van der Waals surface area contributed by atoms with Gasteiger partial charge in [-0.15, -0.1) is 0 Å². The predicted octanol–water partition coefficient (Wildman–Crippen LogP) is 5.33. The molecule has 1 aliphatic rings. The molecule has 148 valence electrons. The van der Waals surface area contributed by atoms with Crippen molar-refractivity contribution in [1.82, 2.24) is 4.98 Å². The second-order valence-electron chi connectivity index (χ2n) is 8.47. The lowest BCUT2D eigenvalue weighted by Crippen LogP contribution is -2.54. The zero-order valence-electron chi connectivity index (χ0n) is 16.9. The van der Waals surface area contributed by atoms with Crippen LogP contribution in [0.5, 0.6) is 0 Å². The molecule has 1 aromatic heterocycles. The van der Waals surface area contributed by atoms with Gasteiger partial charge in [0.25, 0.3) is 0 Å². The van der Waals surface area contributed by atoms with E-state index in [1.54, 1.807) is 0 Å². The first-order chi connectivity index (χ1) is 14.5. The SMILES string of the molecule is Cc1ccc(-c2cc3ccccc3c(C3(C=O)CC(O)(c4ccccc4)C3)n2)cc1. The van der Waals surface area contributed by atoms with E-state index in [0.717, 1.165) is 39.6 Å². The summed E-state index contributed by atoms with van der Waals surface area (Å²) in [6.07, 6.45) is 1.65. The Morgan fingerprint density at radius 2 is 1.57 bits per heavy atom. The van der Waals surface area contributed by atoms with Gasteiger partial charge in [0.15, 0.2) is 0 Å². The number of aldehydes is 1. The van der Waals surface area contributed by atoms with E-state index < -0.39 is 11.0 Å². The zero-order valence-corrected chi connectivity index (χ0v) is 16.9. The number of aliphatic hydroxyl groups is 1. The number of rotatable bonds is 4. The molecule has 0 aliphatic heterocycles. The highest BCUT2D eigenvalue weighted by Gasteiger charge is 2.57. The summed E-state index contributed by atoms with van der Waals surface area (Å²) in [7, 11) is 0. The number of aromatic nitrogens is 1. The van der Waals surface area contributed by atoms with Crippen molar-refractivity contribution in [2.24, 2.45) is 0 Å². The third-order valence-corrected chi connectivity index (χ3v) is 6.31. The monoisotopic (exact) mass is 393 g/mol. The summed E-state index contributed by atoms with van der Waals surface area (Å²) in [5, 5.41) is 13.2. The second kappa shape index (κ2) is 6.89. The molecule has 1 aliphatic carbocycles. The fourth-order valence-electron chi connectivity index (χ4n) is 4.70. The Balaban J connectivity index is 1.64. The molecule has 5 rings (SSSR count). The molecule has 3 heteroatoms. The van der Waals surface area contributed by atoms with E-state index >= 15 is 0 Å². The van der Waals surface area contributed by atoms with Gasteiger partial charge in [0, 0.05) is 10.9 Å². The van der Waals surface area contributed by atoms with Gasteiger partial charge in [0.2, 0.25) is 0 Å². The standard InChI is InChI=1S/C27H23NO2/c1-19-11-13-20(14-12-19)24-15-21-7-5-6-10-23(21)25(28-24)26(18-29)16-27(30,17-26)22-8-3-2-4-9-22/h2-15,18,30H,16-17H2,1H3. The fourth-order valence-corrected chi connectivity index (χ4v) is 4.70.